The van der Waals surface area contributed by atoms with Gasteiger partial charge in [0.05, 0.1) is 5.60 Å². The van der Waals surface area contributed by atoms with E-state index in [2.05, 4.69) is 24.5 Å². The van der Waals surface area contributed by atoms with Crippen molar-refractivity contribution in [3.05, 3.63) is 23.8 Å². The number of likely N-dealkylation sites (tertiary alicyclic amines) is 1. The van der Waals surface area contributed by atoms with Crippen LogP contribution in [0.3, 0.4) is 0 Å². The molecule has 2 nitrogen and oxygen atoms in total. The van der Waals surface area contributed by atoms with Crippen LogP contribution in [0.1, 0.15) is 84.5 Å². The summed E-state index contributed by atoms with van der Waals surface area (Å²) in [4.78, 5) is 2.68. The number of piperidine rings is 1. The summed E-state index contributed by atoms with van der Waals surface area (Å²) in [6.45, 7) is 13.1. The molecule has 29 heavy (non-hydrogen) atoms. The standard InChI is InChI=1S/C27H43NO/c1-19(18-28-15-5-4-6-16-28)24-9-10-25-23-8-7-20-17-26(2,29)13-11-21(20)22(23)12-14-27(24,25)3/h7,21-25,29H,1,4-6,8-18H2,2-3H3/t21-,22+,23+,24+,25-,26-,27+/m0/s1. The van der Waals surface area contributed by atoms with Gasteiger partial charge in [0, 0.05) is 6.54 Å². The molecule has 1 heterocycles. The van der Waals surface area contributed by atoms with Crippen molar-refractivity contribution in [2.24, 2.45) is 35.0 Å². The van der Waals surface area contributed by atoms with E-state index in [4.69, 9.17) is 0 Å². The molecule has 0 aromatic heterocycles. The first-order chi connectivity index (χ1) is 13.9. The Hall–Kier alpha value is -0.600. The third-order valence-corrected chi connectivity index (χ3v) is 10.1. The highest BCUT2D eigenvalue weighted by Gasteiger charge is 2.56. The third kappa shape index (κ3) is 3.57. The van der Waals surface area contributed by atoms with E-state index in [1.54, 1.807) is 11.1 Å². The summed E-state index contributed by atoms with van der Waals surface area (Å²) in [6, 6.07) is 0. The first-order valence-corrected chi connectivity index (χ1v) is 12.7. The van der Waals surface area contributed by atoms with E-state index in [0.29, 0.717) is 5.41 Å². The van der Waals surface area contributed by atoms with Crippen LogP contribution >= 0.6 is 0 Å². The fourth-order valence-electron chi connectivity index (χ4n) is 8.65. The summed E-state index contributed by atoms with van der Waals surface area (Å²) in [5.41, 5.74) is 3.19. The van der Waals surface area contributed by atoms with Crippen LogP contribution in [0, 0.1) is 35.0 Å². The SMILES string of the molecule is C=C(CN1CCCCC1)[C@H]1CC[C@H]2[C@@H]3CC=C4C[C@@](C)(O)CC[C@@H]4[C@H]3CC[C@]12C. The summed E-state index contributed by atoms with van der Waals surface area (Å²) < 4.78 is 0. The molecule has 2 heteroatoms. The molecule has 0 unspecified atom stereocenters. The maximum Gasteiger partial charge on any atom is 0.0657 e. The van der Waals surface area contributed by atoms with Gasteiger partial charge in [-0.3, -0.25) is 4.90 Å². The van der Waals surface area contributed by atoms with E-state index < -0.39 is 5.60 Å². The largest absolute Gasteiger partial charge is 0.390 e. The van der Waals surface area contributed by atoms with Crippen LogP contribution in [0.4, 0.5) is 0 Å². The highest BCUT2D eigenvalue weighted by atomic mass is 16.3. The van der Waals surface area contributed by atoms with Crippen LogP contribution in [-0.2, 0) is 0 Å². The topological polar surface area (TPSA) is 23.5 Å². The second-order valence-corrected chi connectivity index (χ2v) is 11.9. The molecular formula is C27H43NO. The van der Waals surface area contributed by atoms with Crippen LogP contribution < -0.4 is 0 Å². The summed E-state index contributed by atoms with van der Waals surface area (Å²) in [5, 5.41) is 10.6. The van der Waals surface area contributed by atoms with Gasteiger partial charge in [0.2, 0.25) is 0 Å². The maximum absolute atomic E-state index is 10.6. The molecule has 162 valence electrons. The van der Waals surface area contributed by atoms with E-state index in [-0.39, 0.29) is 0 Å². The smallest absolute Gasteiger partial charge is 0.0657 e. The predicted molar refractivity (Wildman–Crippen MR) is 121 cm³/mol. The molecule has 0 amide bonds. The van der Waals surface area contributed by atoms with Gasteiger partial charge in [-0.1, -0.05) is 37.1 Å². The van der Waals surface area contributed by atoms with E-state index in [1.165, 1.54) is 70.9 Å². The van der Waals surface area contributed by atoms with Gasteiger partial charge in [-0.15, -0.1) is 0 Å². The minimum atomic E-state index is -0.455. The van der Waals surface area contributed by atoms with Gasteiger partial charge in [-0.2, -0.15) is 0 Å². The van der Waals surface area contributed by atoms with Gasteiger partial charge in [-0.25, -0.2) is 0 Å². The Balaban J connectivity index is 1.30. The first-order valence-electron chi connectivity index (χ1n) is 12.7. The zero-order valence-electron chi connectivity index (χ0n) is 19.0. The van der Waals surface area contributed by atoms with Crippen LogP contribution in [0.15, 0.2) is 23.8 Å². The Morgan fingerprint density at radius 3 is 2.66 bits per heavy atom. The molecule has 1 aliphatic heterocycles. The van der Waals surface area contributed by atoms with Crippen LogP contribution in [0.25, 0.3) is 0 Å². The number of allylic oxidation sites excluding steroid dienone is 1. The molecule has 3 saturated carbocycles. The molecule has 4 fully saturated rings. The molecule has 7 atom stereocenters. The zero-order chi connectivity index (χ0) is 20.2. The van der Waals surface area contributed by atoms with Crippen molar-refractivity contribution >= 4 is 0 Å². The van der Waals surface area contributed by atoms with E-state index in [9.17, 15) is 5.11 Å². The van der Waals surface area contributed by atoms with E-state index in [1.807, 2.05) is 6.92 Å². The normalized spacial score (nSPS) is 47.7. The van der Waals surface area contributed by atoms with Crippen molar-refractivity contribution in [1.29, 1.82) is 0 Å². The Morgan fingerprint density at radius 1 is 1.07 bits per heavy atom. The lowest BCUT2D eigenvalue weighted by molar-refractivity contribution is -0.0295. The highest BCUT2D eigenvalue weighted by molar-refractivity contribution is 5.23. The third-order valence-electron chi connectivity index (χ3n) is 10.1. The fraction of sp³-hybridized carbons (Fsp3) is 0.852. The van der Waals surface area contributed by atoms with Crippen LogP contribution in [0.5, 0.6) is 0 Å². The van der Waals surface area contributed by atoms with Gasteiger partial charge < -0.3 is 5.11 Å². The second-order valence-electron chi connectivity index (χ2n) is 11.9. The zero-order valence-corrected chi connectivity index (χ0v) is 19.0. The van der Waals surface area contributed by atoms with Crippen LogP contribution in [0.2, 0.25) is 0 Å². The molecule has 1 N–H and O–H groups in total. The lowest BCUT2D eigenvalue weighted by atomic mass is 9.51. The minimum absolute atomic E-state index is 0.455. The van der Waals surface area contributed by atoms with Gasteiger partial charge in [0.15, 0.2) is 0 Å². The Morgan fingerprint density at radius 2 is 1.86 bits per heavy atom. The van der Waals surface area contributed by atoms with Crippen molar-refractivity contribution in [3.8, 4) is 0 Å². The Kier molecular flexibility index (Phi) is 5.27. The van der Waals surface area contributed by atoms with Crippen LogP contribution in [-0.4, -0.2) is 35.2 Å². The molecule has 0 aromatic carbocycles. The monoisotopic (exact) mass is 397 g/mol. The molecular weight excluding hydrogens is 354 g/mol. The summed E-state index contributed by atoms with van der Waals surface area (Å²) >= 11 is 0. The van der Waals surface area contributed by atoms with E-state index in [0.717, 1.165) is 49.0 Å². The molecule has 1 saturated heterocycles. The molecule has 0 bridgehead atoms. The molecule has 0 spiro atoms. The summed E-state index contributed by atoms with van der Waals surface area (Å²) in [6.07, 6.45) is 16.8. The first kappa shape index (κ1) is 20.3. The fourth-order valence-corrected chi connectivity index (χ4v) is 8.65. The number of hydrogen-bond donors (Lipinski definition) is 1. The summed E-state index contributed by atoms with van der Waals surface area (Å²) in [7, 11) is 0. The van der Waals surface area contributed by atoms with Crippen molar-refractivity contribution in [1.82, 2.24) is 4.90 Å². The minimum Gasteiger partial charge on any atom is -0.390 e. The lowest BCUT2D eigenvalue weighted by Crippen LogP contribution is -2.47. The van der Waals surface area contributed by atoms with E-state index >= 15 is 0 Å². The lowest BCUT2D eigenvalue weighted by Gasteiger charge is -2.54. The van der Waals surface area contributed by atoms with Gasteiger partial charge in [0.25, 0.3) is 0 Å². The average molecular weight is 398 g/mol. The molecule has 5 rings (SSSR count). The van der Waals surface area contributed by atoms with Gasteiger partial charge >= 0.3 is 0 Å². The van der Waals surface area contributed by atoms with Crippen molar-refractivity contribution in [2.45, 2.75) is 90.1 Å². The number of nitrogens with zero attached hydrogens (tertiary/aromatic N) is 1. The molecule has 4 aliphatic carbocycles. The Bertz CT molecular complexity index is 672. The highest BCUT2D eigenvalue weighted by Crippen LogP contribution is 2.64. The number of fused-ring (bicyclic) bond motifs is 5. The second kappa shape index (κ2) is 7.52. The van der Waals surface area contributed by atoms with Crippen molar-refractivity contribution < 1.29 is 5.11 Å². The average Bonchev–Trinajstić information content (AvgIpc) is 3.05. The predicted octanol–water partition coefficient (Wildman–Crippen LogP) is 5.97. The van der Waals surface area contributed by atoms with Crippen molar-refractivity contribution in [3.63, 3.8) is 0 Å². The number of aliphatic hydroxyl groups is 1. The van der Waals surface area contributed by atoms with Gasteiger partial charge in [0.1, 0.15) is 0 Å². The number of rotatable bonds is 3. The van der Waals surface area contributed by atoms with Crippen molar-refractivity contribution in [2.75, 3.05) is 19.6 Å². The maximum atomic E-state index is 10.6. The number of hydrogen-bond acceptors (Lipinski definition) is 2. The molecule has 0 aromatic rings. The quantitative estimate of drug-likeness (QED) is 0.593. The molecule has 0 radical (unpaired) electrons. The van der Waals surface area contributed by atoms with Gasteiger partial charge in [-0.05, 0) is 119 Å². The molecule has 5 aliphatic rings. The summed E-state index contributed by atoms with van der Waals surface area (Å²) in [5.74, 6) is 4.18. The Labute approximate surface area is 178 Å².